The molecule has 0 aliphatic heterocycles. The number of thiol groups is 1. The maximum Gasteiger partial charge on any atom is 0.252 e. The van der Waals surface area contributed by atoms with E-state index in [1.807, 2.05) is 40.7 Å². The highest BCUT2D eigenvalue weighted by Crippen LogP contribution is 2.66. The van der Waals surface area contributed by atoms with Gasteiger partial charge in [-0.1, -0.05) is 145 Å². The molecule has 0 fully saturated rings. The number of ketones is 1. The van der Waals surface area contributed by atoms with Crippen molar-refractivity contribution in [1.29, 1.82) is 0 Å². The van der Waals surface area contributed by atoms with Gasteiger partial charge >= 0.3 is 0 Å². The van der Waals surface area contributed by atoms with Crippen LogP contribution in [0.25, 0.3) is 5.76 Å². The number of unbranched alkanes of at least 4 members (excludes halogenated alkanes) is 4. The van der Waals surface area contributed by atoms with E-state index in [-0.39, 0.29) is 28.1 Å². The number of amides is 1. The lowest BCUT2D eigenvalue weighted by Gasteiger charge is -2.63. The number of nitrogens with zero attached hydrogens (tertiary/aromatic N) is 1. The van der Waals surface area contributed by atoms with Crippen LogP contribution >= 0.6 is 12.6 Å². The molecular formula is C55H95N3O4S. The lowest BCUT2D eigenvalue weighted by Crippen LogP contribution is -2.67. The average Bonchev–Trinajstić information content (AvgIpc) is 3.20. The summed E-state index contributed by atoms with van der Waals surface area (Å²) in [4.78, 5) is 30.0. The monoisotopic (exact) mass is 894 g/mol. The molecule has 0 heterocycles. The molecule has 0 aliphatic carbocycles. The predicted octanol–water partition coefficient (Wildman–Crippen LogP) is 14.5. The van der Waals surface area contributed by atoms with Gasteiger partial charge in [0.25, 0.3) is 5.91 Å². The van der Waals surface area contributed by atoms with Crippen molar-refractivity contribution in [3.05, 3.63) is 91.4 Å². The second-order valence-electron chi connectivity index (χ2n) is 20.8. The zero-order chi connectivity index (χ0) is 49.0. The number of carbonyl (C=O) groups is 2. The van der Waals surface area contributed by atoms with Gasteiger partial charge in [-0.3, -0.25) is 9.59 Å². The summed E-state index contributed by atoms with van der Waals surface area (Å²) in [7, 11) is 0. The van der Waals surface area contributed by atoms with Gasteiger partial charge in [-0.2, -0.15) is 12.6 Å². The molecular weight excluding hydrogens is 799 g/mol. The number of aliphatic hydroxyl groups excluding tert-OH is 1. The molecule has 0 saturated carbocycles. The maximum atomic E-state index is 14.9. The summed E-state index contributed by atoms with van der Waals surface area (Å²) >= 11 is 4.54. The van der Waals surface area contributed by atoms with E-state index < -0.39 is 27.2 Å². The van der Waals surface area contributed by atoms with Crippen LogP contribution in [0.5, 0.6) is 0 Å². The number of benzene rings is 1. The summed E-state index contributed by atoms with van der Waals surface area (Å²) in [6, 6.07) is 6.94. The van der Waals surface area contributed by atoms with Crippen molar-refractivity contribution in [2.24, 2.45) is 32.8 Å². The van der Waals surface area contributed by atoms with Gasteiger partial charge in [0.2, 0.25) is 0 Å². The standard InChI is InChI=1S/C53H89N3O4S.C2H6/c1-18-19-30-40(3)56(35-26-21-20-25-34-55-47(59)45-32-23-22-31-44(45)41(4)57)36-27-24-33-46(58)53(17,51(14,15)54)50(12,13)49(10,11)52(16,38-48(7,8)9)43(6)60-37-28-29-39(2)42(5)61;1-2/h18,22-23,31-32,42,57,61H,1-4,6,19-21,24-30,33-38,54H2,5,7-17H3,(H,55,59);1-2H3. The normalized spacial score (nSPS) is 14.5. The molecule has 0 spiro atoms. The third kappa shape index (κ3) is 16.9. The van der Waals surface area contributed by atoms with Gasteiger partial charge in [-0.05, 0) is 101 Å². The third-order valence-electron chi connectivity index (χ3n) is 14.3. The van der Waals surface area contributed by atoms with Gasteiger partial charge < -0.3 is 25.8 Å². The molecule has 3 unspecified atom stereocenters. The van der Waals surface area contributed by atoms with Gasteiger partial charge in [0.1, 0.15) is 11.5 Å². The minimum atomic E-state index is -0.882. The van der Waals surface area contributed by atoms with Crippen molar-refractivity contribution in [3.63, 3.8) is 0 Å². The number of Topliss-reactive ketones (excluding diaryl/α,β-unsaturated/α-hetero) is 1. The topological polar surface area (TPSA) is 105 Å². The fraction of sp³-hybridized carbons (Fsp3) is 0.673. The Morgan fingerprint density at radius 3 is 1.86 bits per heavy atom. The lowest BCUT2D eigenvalue weighted by atomic mass is 9.40. The molecule has 63 heavy (non-hydrogen) atoms. The van der Waals surface area contributed by atoms with Crippen LogP contribution in [0.4, 0.5) is 0 Å². The van der Waals surface area contributed by atoms with E-state index in [4.69, 9.17) is 10.5 Å². The number of aliphatic hydroxyl groups is 1. The van der Waals surface area contributed by atoms with E-state index >= 15 is 0 Å². The molecule has 0 bridgehead atoms. The van der Waals surface area contributed by atoms with Crippen LogP contribution in [0.1, 0.15) is 190 Å². The molecule has 7 nitrogen and oxygen atoms in total. The first-order valence-electron chi connectivity index (χ1n) is 23.8. The summed E-state index contributed by atoms with van der Waals surface area (Å²) in [5.41, 5.74) is 6.94. The van der Waals surface area contributed by atoms with Crippen LogP contribution in [-0.2, 0) is 9.53 Å². The van der Waals surface area contributed by atoms with Gasteiger partial charge in [0.15, 0.2) is 0 Å². The van der Waals surface area contributed by atoms with E-state index in [2.05, 4.69) is 118 Å². The van der Waals surface area contributed by atoms with Crippen molar-refractivity contribution in [1.82, 2.24) is 10.2 Å². The van der Waals surface area contributed by atoms with E-state index in [0.29, 0.717) is 30.7 Å². The van der Waals surface area contributed by atoms with Gasteiger partial charge in [0.05, 0.1) is 17.9 Å². The Bertz CT molecular complexity index is 1640. The van der Waals surface area contributed by atoms with Crippen LogP contribution < -0.4 is 11.1 Å². The molecule has 4 N–H and O–H groups in total. The highest BCUT2D eigenvalue weighted by atomic mass is 32.1. The SMILES string of the molecule is C=CCCC(=C)N(CCCCCCNC(=O)c1ccccc1C(=C)O)CCCCC(=O)C(C)(C(C)(C)N)C(C)(C)C(C)(C)C(C)(CC(C)(C)C)C(=C)OCCCC(=C)C(C)S.CC. The second-order valence-corrected chi connectivity index (χ2v) is 21.6. The summed E-state index contributed by atoms with van der Waals surface area (Å²) in [5.74, 6) is 0.622. The molecule has 3 atom stereocenters. The zero-order valence-electron chi connectivity index (χ0n) is 43.0. The summed E-state index contributed by atoms with van der Waals surface area (Å²) in [6.45, 7) is 53.8. The predicted molar refractivity (Wildman–Crippen MR) is 277 cm³/mol. The van der Waals surface area contributed by atoms with Crippen molar-refractivity contribution in [3.8, 4) is 0 Å². The molecule has 0 aromatic heterocycles. The smallest absolute Gasteiger partial charge is 0.252 e. The number of hydrogen-bond donors (Lipinski definition) is 4. The minimum absolute atomic E-state index is 0.0347. The largest absolute Gasteiger partial charge is 0.508 e. The first-order chi connectivity index (χ1) is 29.0. The highest BCUT2D eigenvalue weighted by molar-refractivity contribution is 7.81. The summed E-state index contributed by atoms with van der Waals surface area (Å²) < 4.78 is 6.54. The fourth-order valence-electron chi connectivity index (χ4n) is 9.12. The molecule has 8 heteroatoms. The maximum absolute atomic E-state index is 14.9. The molecule has 1 aromatic carbocycles. The van der Waals surface area contributed by atoms with Crippen LogP contribution in [0, 0.1) is 27.1 Å². The summed E-state index contributed by atoms with van der Waals surface area (Å²) in [5, 5.41) is 13.0. The van der Waals surface area contributed by atoms with Crippen LogP contribution in [0.2, 0.25) is 0 Å². The van der Waals surface area contributed by atoms with E-state index in [9.17, 15) is 14.7 Å². The molecule has 0 aliphatic rings. The van der Waals surface area contributed by atoms with Crippen LogP contribution in [0.3, 0.4) is 0 Å². The van der Waals surface area contributed by atoms with E-state index in [0.717, 1.165) is 101 Å². The lowest BCUT2D eigenvalue weighted by molar-refractivity contribution is -0.166. The number of ether oxygens (including phenoxy) is 1. The Hall–Kier alpha value is -3.23. The van der Waals surface area contributed by atoms with Crippen molar-refractivity contribution >= 4 is 30.1 Å². The Balaban J connectivity index is 0.0000189. The van der Waals surface area contributed by atoms with Crippen LogP contribution in [0.15, 0.2) is 80.3 Å². The van der Waals surface area contributed by atoms with Gasteiger partial charge in [-0.25, -0.2) is 0 Å². The average molecular weight is 894 g/mol. The van der Waals surface area contributed by atoms with E-state index in [1.54, 1.807) is 24.3 Å². The van der Waals surface area contributed by atoms with Gasteiger partial charge in [0, 0.05) is 58.9 Å². The number of hydrogen-bond acceptors (Lipinski definition) is 7. The number of rotatable bonds is 31. The first-order valence-corrected chi connectivity index (χ1v) is 24.3. The Morgan fingerprint density at radius 2 is 1.35 bits per heavy atom. The Kier molecular flexibility index (Phi) is 25.3. The molecule has 1 aromatic rings. The fourth-order valence-corrected chi connectivity index (χ4v) is 9.25. The number of allylic oxidation sites excluding steroid dienone is 3. The molecule has 0 saturated heterocycles. The second kappa shape index (κ2) is 26.7. The van der Waals surface area contributed by atoms with Crippen molar-refractivity contribution in [2.75, 3.05) is 26.2 Å². The Labute approximate surface area is 393 Å². The van der Waals surface area contributed by atoms with E-state index in [1.165, 1.54) is 0 Å². The number of carbonyl (C=O) groups excluding carboxylic acids is 2. The molecule has 1 amide bonds. The van der Waals surface area contributed by atoms with Crippen LogP contribution in [-0.4, -0.2) is 58.7 Å². The van der Waals surface area contributed by atoms with Gasteiger partial charge in [-0.15, -0.1) is 6.58 Å². The summed E-state index contributed by atoms with van der Waals surface area (Å²) in [6.07, 6.45) is 12.1. The highest BCUT2D eigenvalue weighted by Gasteiger charge is 2.65. The number of nitrogens with two attached hydrogens (primary N) is 1. The minimum Gasteiger partial charge on any atom is -0.508 e. The third-order valence-corrected chi connectivity index (χ3v) is 14.7. The Morgan fingerprint density at radius 1 is 0.810 bits per heavy atom. The van der Waals surface area contributed by atoms with Crippen molar-refractivity contribution < 1.29 is 19.4 Å². The quantitative estimate of drug-likeness (QED) is 0.0256. The molecule has 0 radical (unpaired) electrons. The zero-order valence-corrected chi connectivity index (χ0v) is 43.9. The molecule has 1 rings (SSSR count). The molecule has 360 valence electrons. The number of nitrogens with one attached hydrogen (secondary N) is 1. The van der Waals surface area contributed by atoms with Crippen molar-refractivity contribution in [2.45, 2.75) is 185 Å². The first kappa shape index (κ1) is 59.8.